The van der Waals surface area contributed by atoms with Crippen LogP contribution in [0, 0.1) is 5.82 Å². The van der Waals surface area contributed by atoms with Gasteiger partial charge in [0.2, 0.25) is 0 Å². The summed E-state index contributed by atoms with van der Waals surface area (Å²) in [5.74, 6) is -0.286. The number of benzene rings is 2. The number of methoxy groups -OCH3 is 1. The quantitative estimate of drug-likeness (QED) is 0.937. The van der Waals surface area contributed by atoms with Crippen LogP contribution in [0.3, 0.4) is 0 Å². The van der Waals surface area contributed by atoms with Crippen LogP contribution in [0.25, 0.3) is 0 Å². The van der Waals surface area contributed by atoms with Crippen LogP contribution in [-0.2, 0) is 10.0 Å². The van der Waals surface area contributed by atoms with E-state index in [9.17, 15) is 12.8 Å². The zero-order valence-corrected chi connectivity index (χ0v) is 10.9. The summed E-state index contributed by atoms with van der Waals surface area (Å²) >= 11 is 0. The molecule has 6 heteroatoms. The van der Waals surface area contributed by atoms with Gasteiger partial charge >= 0.3 is 0 Å². The third kappa shape index (κ3) is 3.03. The van der Waals surface area contributed by atoms with Crippen LogP contribution < -0.4 is 9.46 Å². The van der Waals surface area contributed by atoms with Crippen molar-refractivity contribution in [3.63, 3.8) is 0 Å². The van der Waals surface area contributed by atoms with E-state index >= 15 is 0 Å². The molecule has 0 unspecified atom stereocenters. The fraction of sp³-hybridized carbons (Fsp3) is 0.0769. The molecule has 100 valence electrons. The fourth-order valence-electron chi connectivity index (χ4n) is 1.56. The average molecular weight is 281 g/mol. The molecule has 0 aliphatic carbocycles. The van der Waals surface area contributed by atoms with E-state index in [0.29, 0.717) is 11.4 Å². The monoisotopic (exact) mass is 281 g/mol. The number of rotatable bonds is 4. The minimum atomic E-state index is -3.95. The third-order valence-corrected chi connectivity index (χ3v) is 3.86. The van der Waals surface area contributed by atoms with Gasteiger partial charge in [0, 0.05) is 6.07 Å². The van der Waals surface area contributed by atoms with Gasteiger partial charge in [0.25, 0.3) is 10.0 Å². The van der Waals surface area contributed by atoms with Crippen molar-refractivity contribution in [1.82, 2.24) is 0 Å². The maximum Gasteiger partial charge on any atom is 0.264 e. The molecule has 0 atom stereocenters. The van der Waals surface area contributed by atoms with Gasteiger partial charge in [-0.25, -0.2) is 12.8 Å². The molecule has 0 aliphatic heterocycles. The lowest BCUT2D eigenvalue weighted by molar-refractivity contribution is 0.415. The minimum Gasteiger partial charge on any atom is -0.497 e. The Morgan fingerprint density at radius 1 is 1.11 bits per heavy atom. The van der Waals surface area contributed by atoms with Crippen molar-refractivity contribution in [3.8, 4) is 5.75 Å². The summed E-state index contributed by atoms with van der Waals surface area (Å²) in [6.07, 6.45) is 0. The van der Waals surface area contributed by atoms with E-state index in [4.69, 9.17) is 4.74 Å². The summed E-state index contributed by atoms with van der Waals surface area (Å²) in [6, 6.07) is 11.6. The molecular weight excluding hydrogens is 269 g/mol. The highest BCUT2D eigenvalue weighted by atomic mass is 32.2. The van der Waals surface area contributed by atoms with Crippen molar-refractivity contribution in [2.75, 3.05) is 11.8 Å². The van der Waals surface area contributed by atoms with Gasteiger partial charge in [-0.3, -0.25) is 4.72 Å². The lowest BCUT2D eigenvalue weighted by Gasteiger charge is -2.09. The predicted molar refractivity (Wildman–Crippen MR) is 70.2 cm³/mol. The SMILES string of the molecule is COc1cccc(NS(=O)(=O)c2ccccc2F)c1. The molecule has 0 saturated carbocycles. The van der Waals surface area contributed by atoms with Gasteiger partial charge in [-0.2, -0.15) is 0 Å². The maximum absolute atomic E-state index is 13.5. The molecule has 0 saturated heterocycles. The molecule has 0 aromatic heterocycles. The predicted octanol–water partition coefficient (Wildman–Crippen LogP) is 2.64. The summed E-state index contributed by atoms with van der Waals surface area (Å²) in [5.41, 5.74) is 0.308. The molecule has 19 heavy (non-hydrogen) atoms. The Hall–Kier alpha value is -2.08. The first kappa shape index (κ1) is 13.4. The van der Waals surface area contributed by atoms with Crippen LogP contribution in [-0.4, -0.2) is 15.5 Å². The van der Waals surface area contributed by atoms with Gasteiger partial charge < -0.3 is 4.74 Å². The van der Waals surface area contributed by atoms with Crippen molar-refractivity contribution in [3.05, 3.63) is 54.3 Å². The molecular formula is C13H12FNO3S. The van der Waals surface area contributed by atoms with Crippen LogP contribution >= 0.6 is 0 Å². The Morgan fingerprint density at radius 2 is 1.84 bits per heavy atom. The number of hydrogen-bond acceptors (Lipinski definition) is 3. The molecule has 1 N–H and O–H groups in total. The van der Waals surface area contributed by atoms with E-state index < -0.39 is 20.7 Å². The second-order valence-electron chi connectivity index (χ2n) is 3.77. The van der Waals surface area contributed by atoms with Crippen molar-refractivity contribution in [1.29, 1.82) is 0 Å². The van der Waals surface area contributed by atoms with Crippen LogP contribution in [0.5, 0.6) is 5.75 Å². The highest BCUT2D eigenvalue weighted by molar-refractivity contribution is 7.92. The summed E-state index contributed by atoms with van der Waals surface area (Å²) in [7, 11) is -2.47. The second-order valence-corrected chi connectivity index (χ2v) is 5.42. The van der Waals surface area contributed by atoms with Crippen molar-refractivity contribution < 1.29 is 17.5 Å². The van der Waals surface area contributed by atoms with Crippen molar-refractivity contribution >= 4 is 15.7 Å². The van der Waals surface area contributed by atoms with Crippen LogP contribution in [0.4, 0.5) is 10.1 Å². The van der Waals surface area contributed by atoms with E-state index in [0.717, 1.165) is 6.07 Å². The highest BCUT2D eigenvalue weighted by Gasteiger charge is 2.18. The molecule has 0 amide bonds. The van der Waals surface area contributed by atoms with Gasteiger partial charge in [-0.1, -0.05) is 18.2 Å². The number of sulfonamides is 1. The van der Waals surface area contributed by atoms with E-state index in [2.05, 4.69) is 4.72 Å². The fourth-order valence-corrected chi connectivity index (χ4v) is 2.69. The molecule has 0 heterocycles. The van der Waals surface area contributed by atoms with Gasteiger partial charge in [-0.05, 0) is 24.3 Å². The first-order chi connectivity index (χ1) is 9.03. The number of halogens is 1. The van der Waals surface area contributed by atoms with E-state index in [1.807, 2.05) is 0 Å². The molecule has 2 rings (SSSR count). The van der Waals surface area contributed by atoms with Gasteiger partial charge in [0.05, 0.1) is 12.8 Å². The lowest BCUT2D eigenvalue weighted by atomic mass is 10.3. The number of hydrogen-bond donors (Lipinski definition) is 1. The van der Waals surface area contributed by atoms with Gasteiger partial charge in [0.15, 0.2) is 0 Å². The van der Waals surface area contributed by atoms with E-state index in [1.165, 1.54) is 31.4 Å². The van der Waals surface area contributed by atoms with Crippen LogP contribution in [0.15, 0.2) is 53.4 Å². The number of anilines is 1. The Labute approximate surface area is 110 Å². The largest absolute Gasteiger partial charge is 0.497 e. The molecule has 0 spiro atoms. The molecule has 0 aliphatic rings. The standard InChI is InChI=1S/C13H12FNO3S/c1-18-11-6-4-5-10(9-11)15-19(16,17)13-8-3-2-7-12(13)14/h2-9,15H,1H3. The molecule has 2 aromatic rings. The zero-order valence-electron chi connectivity index (χ0n) is 10.1. The summed E-state index contributed by atoms with van der Waals surface area (Å²) in [4.78, 5) is -0.391. The average Bonchev–Trinajstić information content (AvgIpc) is 2.38. The third-order valence-electron chi connectivity index (χ3n) is 2.45. The first-order valence-corrected chi connectivity index (χ1v) is 6.92. The molecule has 0 radical (unpaired) electrons. The van der Waals surface area contributed by atoms with E-state index in [1.54, 1.807) is 18.2 Å². The number of nitrogens with one attached hydrogen (secondary N) is 1. The van der Waals surface area contributed by atoms with Gasteiger partial charge in [-0.15, -0.1) is 0 Å². The Kier molecular flexibility index (Phi) is 3.71. The Morgan fingerprint density at radius 3 is 2.53 bits per heavy atom. The second kappa shape index (κ2) is 5.27. The van der Waals surface area contributed by atoms with Crippen molar-refractivity contribution in [2.24, 2.45) is 0 Å². The molecule has 0 fully saturated rings. The summed E-state index contributed by atoms with van der Waals surface area (Å²) in [6.45, 7) is 0. The van der Waals surface area contributed by atoms with E-state index in [-0.39, 0.29) is 0 Å². The minimum absolute atomic E-state index is 0.308. The molecule has 2 aromatic carbocycles. The summed E-state index contributed by atoms with van der Waals surface area (Å²) < 4.78 is 44.8. The first-order valence-electron chi connectivity index (χ1n) is 5.44. The van der Waals surface area contributed by atoms with Crippen LogP contribution in [0.2, 0.25) is 0 Å². The highest BCUT2D eigenvalue weighted by Crippen LogP contribution is 2.21. The summed E-state index contributed by atoms with van der Waals surface area (Å²) in [5, 5.41) is 0. The van der Waals surface area contributed by atoms with Crippen LogP contribution in [0.1, 0.15) is 0 Å². The molecule has 0 bridgehead atoms. The normalized spacial score (nSPS) is 11.1. The van der Waals surface area contributed by atoms with Crippen molar-refractivity contribution in [2.45, 2.75) is 4.90 Å². The zero-order chi connectivity index (χ0) is 13.9. The topological polar surface area (TPSA) is 55.4 Å². The smallest absolute Gasteiger partial charge is 0.264 e. The molecule has 4 nitrogen and oxygen atoms in total. The number of ether oxygens (including phenoxy) is 1. The maximum atomic E-state index is 13.5. The lowest BCUT2D eigenvalue weighted by Crippen LogP contribution is -2.14. The van der Waals surface area contributed by atoms with Gasteiger partial charge in [0.1, 0.15) is 16.5 Å². The Bertz CT molecular complexity index is 686. The Balaban J connectivity index is 2.34.